The van der Waals surface area contributed by atoms with Gasteiger partial charge in [-0.15, -0.1) is 0 Å². The highest BCUT2D eigenvalue weighted by Crippen LogP contribution is 2.55. The van der Waals surface area contributed by atoms with Crippen LogP contribution in [0.4, 0.5) is 0 Å². The van der Waals surface area contributed by atoms with Crippen molar-refractivity contribution in [3.63, 3.8) is 0 Å². The van der Waals surface area contributed by atoms with Gasteiger partial charge in [0.05, 0.1) is 5.92 Å². The molecule has 5 atom stereocenters. The zero-order valence-corrected chi connectivity index (χ0v) is 9.09. The summed E-state index contributed by atoms with van der Waals surface area (Å²) >= 11 is 0. The summed E-state index contributed by atoms with van der Waals surface area (Å²) in [5.41, 5.74) is 0. The van der Waals surface area contributed by atoms with Crippen molar-refractivity contribution in [2.75, 3.05) is 0 Å². The van der Waals surface area contributed by atoms with Gasteiger partial charge in [-0.05, 0) is 19.8 Å². The minimum atomic E-state index is -0.334. The van der Waals surface area contributed by atoms with Crippen LogP contribution in [0.15, 0.2) is 12.2 Å². The molecule has 0 radical (unpaired) electrons. The quantitative estimate of drug-likeness (QED) is 0.517. The number of ether oxygens (including phenoxy) is 2. The van der Waals surface area contributed by atoms with E-state index in [0.717, 1.165) is 12.8 Å². The maximum atomic E-state index is 11.5. The molecule has 4 heteroatoms. The van der Waals surface area contributed by atoms with Crippen LogP contribution in [0.5, 0.6) is 0 Å². The maximum Gasteiger partial charge on any atom is 0.330 e. The first-order valence-corrected chi connectivity index (χ1v) is 5.74. The van der Waals surface area contributed by atoms with E-state index in [0.29, 0.717) is 11.8 Å². The second-order valence-electron chi connectivity index (χ2n) is 4.80. The van der Waals surface area contributed by atoms with Crippen molar-refractivity contribution >= 4 is 11.9 Å². The monoisotopic (exact) mass is 222 g/mol. The Hall–Kier alpha value is -1.32. The molecule has 0 aromatic rings. The third-order valence-corrected chi connectivity index (χ3v) is 3.97. The molecule has 1 saturated heterocycles. The molecular formula is C12H14O4. The third-order valence-electron chi connectivity index (χ3n) is 3.97. The SMILES string of the molecule is C/C=C/C(=O)OC1C2CC3C(=O)OC1C3C2. The lowest BCUT2D eigenvalue weighted by molar-refractivity contribution is -0.157. The van der Waals surface area contributed by atoms with Crippen LogP contribution in [0, 0.1) is 17.8 Å². The van der Waals surface area contributed by atoms with Crippen molar-refractivity contribution in [1.29, 1.82) is 0 Å². The largest absolute Gasteiger partial charge is 0.458 e. The summed E-state index contributed by atoms with van der Waals surface area (Å²) in [5, 5.41) is 0. The lowest BCUT2D eigenvalue weighted by atomic mass is 9.88. The number of rotatable bonds is 2. The molecule has 5 unspecified atom stereocenters. The first-order valence-electron chi connectivity index (χ1n) is 5.74. The first kappa shape index (κ1) is 9.87. The van der Waals surface area contributed by atoms with Crippen LogP contribution in [0.25, 0.3) is 0 Å². The van der Waals surface area contributed by atoms with Gasteiger partial charge in [-0.25, -0.2) is 4.79 Å². The van der Waals surface area contributed by atoms with Crippen molar-refractivity contribution in [2.24, 2.45) is 17.8 Å². The second-order valence-corrected chi connectivity index (χ2v) is 4.80. The minimum Gasteiger partial charge on any atom is -0.458 e. The lowest BCUT2D eigenvalue weighted by Crippen LogP contribution is -2.35. The average molecular weight is 222 g/mol. The molecule has 1 heterocycles. The summed E-state index contributed by atoms with van der Waals surface area (Å²) in [6.45, 7) is 1.77. The van der Waals surface area contributed by atoms with Crippen molar-refractivity contribution < 1.29 is 19.1 Å². The summed E-state index contributed by atoms with van der Waals surface area (Å²) in [7, 11) is 0. The Bertz CT molecular complexity index is 373. The standard InChI is InChI=1S/C12H14O4/c1-2-3-9(13)15-10-6-4-7-8(5-6)12(14)16-11(7)10/h2-3,6-8,10-11H,4-5H2,1H3/b3-2+. The Morgan fingerprint density at radius 2 is 2.31 bits per heavy atom. The lowest BCUT2D eigenvalue weighted by Gasteiger charge is -2.24. The molecule has 2 saturated carbocycles. The van der Waals surface area contributed by atoms with E-state index in [9.17, 15) is 9.59 Å². The van der Waals surface area contributed by atoms with Gasteiger partial charge in [-0.1, -0.05) is 6.08 Å². The van der Waals surface area contributed by atoms with E-state index in [2.05, 4.69) is 0 Å². The van der Waals surface area contributed by atoms with Crippen LogP contribution in [0.1, 0.15) is 19.8 Å². The molecule has 4 nitrogen and oxygen atoms in total. The molecule has 1 aliphatic heterocycles. The maximum absolute atomic E-state index is 11.5. The molecule has 86 valence electrons. The number of hydrogen-bond donors (Lipinski definition) is 0. The number of allylic oxidation sites excluding steroid dienone is 1. The highest BCUT2D eigenvalue weighted by Gasteiger charge is 2.63. The Morgan fingerprint density at radius 3 is 3.06 bits per heavy atom. The van der Waals surface area contributed by atoms with Gasteiger partial charge in [-0.2, -0.15) is 0 Å². The molecular weight excluding hydrogens is 208 g/mol. The van der Waals surface area contributed by atoms with Gasteiger partial charge in [0, 0.05) is 17.9 Å². The van der Waals surface area contributed by atoms with Gasteiger partial charge in [-0.3, -0.25) is 4.79 Å². The number of esters is 2. The van der Waals surface area contributed by atoms with Gasteiger partial charge in [0.2, 0.25) is 0 Å². The summed E-state index contributed by atoms with van der Waals surface area (Å²) < 4.78 is 10.7. The van der Waals surface area contributed by atoms with E-state index in [-0.39, 0.29) is 30.1 Å². The number of carbonyl (C=O) groups is 2. The summed E-state index contributed by atoms with van der Waals surface area (Å²) in [5.74, 6) is 0.259. The fourth-order valence-electron chi connectivity index (χ4n) is 3.37. The Labute approximate surface area is 93.6 Å². The fraction of sp³-hybridized carbons (Fsp3) is 0.667. The van der Waals surface area contributed by atoms with Gasteiger partial charge < -0.3 is 9.47 Å². The molecule has 0 amide bonds. The molecule has 2 aliphatic carbocycles. The number of carbonyl (C=O) groups excluding carboxylic acids is 2. The second kappa shape index (κ2) is 3.34. The molecule has 0 aromatic carbocycles. The van der Waals surface area contributed by atoms with Gasteiger partial charge in [0.15, 0.2) is 0 Å². The average Bonchev–Trinajstić information content (AvgIpc) is 2.82. The smallest absolute Gasteiger partial charge is 0.330 e. The summed E-state index contributed by atoms with van der Waals surface area (Å²) in [4.78, 5) is 22.9. The molecule has 16 heavy (non-hydrogen) atoms. The highest BCUT2D eigenvalue weighted by atomic mass is 16.6. The Balaban J connectivity index is 1.75. The third kappa shape index (κ3) is 1.22. The summed E-state index contributed by atoms with van der Waals surface area (Å²) in [6.07, 6.45) is 4.46. The normalized spacial score (nSPS) is 44.1. The van der Waals surface area contributed by atoms with Crippen LogP contribution in [0.3, 0.4) is 0 Å². The van der Waals surface area contributed by atoms with Crippen molar-refractivity contribution in [3.05, 3.63) is 12.2 Å². The van der Waals surface area contributed by atoms with E-state index in [1.165, 1.54) is 6.08 Å². The van der Waals surface area contributed by atoms with Crippen LogP contribution in [-0.2, 0) is 19.1 Å². The first-order chi connectivity index (χ1) is 7.70. The fourth-order valence-corrected chi connectivity index (χ4v) is 3.37. The molecule has 3 aliphatic rings. The zero-order chi connectivity index (χ0) is 11.3. The Morgan fingerprint density at radius 1 is 1.50 bits per heavy atom. The number of fused-ring (bicyclic) bond motifs is 1. The van der Waals surface area contributed by atoms with Gasteiger partial charge >= 0.3 is 11.9 Å². The van der Waals surface area contributed by atoms with Crippen molar-refractivity contribution in [2.45, 2.75) is 32.0 Å². The van der Waals surface area contributed by atoms with Crippen LogP contribution < -0.4 is 0 Å². The number of hydrogen-bond acceptors (Lipinski definition) is 4. The Kier molecular flexibility index (Phi) is 2.06. The van der Waals surface area contributed by atoms with E-state index < -0.39 is 0 Å². The molecule has 3 fully saturated rings. The van der Waals surface area contributed by atoms with Crippen LogP contribution >= 0.6 is 0 Å². The van der Waals surface area contributed by atoms with E-state index in [1.54, 1.807) is 13.0 Å². The minimum absolute atomic E-state index is 0.0756. The summed E-state index contributed by atoms with van der Waals surface area (Å²) in [6, 6.07) is 0. The van der Waals surface area contributed by atoms with E-state index >= 15 is 0 Å². The zero-order valence-electron chi connectivity index (χ0n) is 9.09. The van der Waals surface area contributed by atoms with Crippen LogP contribution in [-0.4, -0.2) is 24.1 Å². The van der Waals surface area contributed by atoms with Crippen molar-refractivity contribution in [3.8, 4) is 0 Å². The predicted octanol–water partition coefficient (Wildman–Crippen LogP) is 1.06. The van der Waals surface area contributed by atoms with Gasteiger partial charge in [0.25, 0.3) is 0 Å². The molecule has 3 rings (SSSR count). The van der Waals surface area contributed by atoms with E-state index in [1.807, 2.05) is 0 Å². The molecule has 0 N–H and O–H groups in total. The van der Waals surface area contributed by atoms with E-state index in [4.69, 9.17) is 9.47 Å². The molecule has 0 aromatic heterocycles. The topological polar surface area (TPSA) is 52.6 Å². The van der Waals surface area contributed by atoms with Gasteiger partial charge in [0.1, 0.15) is 12.2 Å². The predicted molar refractivity (Wildman–Crippen MR) is 54.3 cm³/mol. The highest BCUT2D eigenvalue weighted by molar-refractivity contribution is 5.82. The molecule has 2 bridgehead atoms. The molecule has 0 spiro atoms. The van der Waals surface area contributed by atoms with Crippen LogP contribution in [0.2, 0.25) is 0 Å². The van der Waals surface area contributed by atoms with Crippen molar-refractivity contribution in [1.82, 2.24) is 0 Å².